The molecule has 0 aromatic heterocycles. The number of guanidine groups is 1. The SMILES string of the molecule is CCCCN(C)CCNC(=NC)NCc1ccccc1.I. The van der Waals surface area contributed by atoms with Crippen molar-refractivity contribution in [1.29, 1.82) is 0 Å². The molecule has 0 aliphatic carbocycles. The van der Waals surface area contributed by atoms with Crippen molar-refractivity contribution in [1.82, 2.24) is 15.5 Å². The van der Waals surface area contributed by atoms with Gasteiger partial charge in [-0.2, -0.15) is 0 Å². The van der Waals surface area contributed by atoms with E-state index in [0.29, 0.717) is 0 Å². The van der Waals surface area contributed by atoms with Crippen molar-refractivity contribution in [3.8, 4) is 0 Å². The highest BCUT2D eigenvalue weighted by molar-refractivity contribution is 14.0. The van der Waals surface area contributed by atoms with Gasteiger partial charge in [-0.15, -0.1) is 24.0 Å². The topological polar surface area (TPSA) is 39.7 Å². The molecule has 4 nitrogen and oxygen atoms in total. The number of hydrogen-bond donors (Lipinski definition) is 2. The molecule has 0 saturated carbocycles. The molecule has 0 fully saturated rings. The first-order valence-electron chi connectivity index (χ1n) is 7.43. The van der Waals surface area contributed by atoms with Crippen molar-refractivity contribution in [3.05, 3.63) is 35.9 Å². The monoisotopic (exact) mass is 404 g/mol. The molecule has 0 spiro atoms. The number of hydrogen-bond acceptors (Lipinski definition) is 2. The first kappa shape index (κ1) is 20.2. The van der Waals surface area contributed by atoms with E-state index in [4.69, 9.17) is 0 Å². The van der Waals surface area contributed by atoms with Gasteiger partial charge in [-0.05, 0) is 25.6 Å². The maximum absolute atomic E-state index is 4.24. The minimum Gasteiger partial charge on any atom is -0.355 e. The normalized spacial score (nSPS) is 11.1. The third-order valence-corrected chi connectivity index (χ3v) is 3.21. The maximum Gasteiger partial charge on any atom is 0.191 e. The van der Waals surface area contributed by atoms with Crippen LogP contribution in [0.5, 0.6) is 0 Å². The summed E-state index contributed by atoms with van der Waals surface area (Å²) in [4.78, 5) is 6.59. The van der Waals surface area contributed by atoms with E-state index >= 15 is 0 Å². The molecule has 0 aliphatic rings. The molecule has 1 aromatic carbocycles. The van der Waals surface area contributed by atoms with Crippen molar-refractivity contribution < 1.29 is 0 Å². The summed E-state index contributed by atoms with van der Waals surface area (Å²) >= 11 is 0. The molecule has 0 heterocycles. The highest BCUT2D eigenvalue weighted by Gasteiger charge is 2.00. The molecule has 0 bridgehead atoms. The van der Waals surface area contributed by atoms with Gasteiger partial charge >= 0.3 is 0 Å². The summed E-state index contributed by atoms with van der Waals surface area (Å²) in [6.07, 6.45) is 2.51. The van der Waals surface area contributed by atoms with E-state index in [0.717, 1.165) is 32.1 Å². The van der Waals surface area contributed by atoms with Gasteiger partial charge in [0, 0.05) is 26.7 Å². The van der Waals surface area contributed by atoms with Gasteiger partial charge < -0.3 is 15.5 Å². The highest BCUT2D eigenvalue weighted by atomic mass is 127. The lowest BCUT2D eigenvalue weighted by Crippen LogP contribution is -2.40. The maximum atomic E-state index is 4.24. The van der Waals surface area contributed by atoms with Crippen molar-refractivity contribution in [2.24, 2.45) is 4.99 Å². The molecule has 0 saturated heterocycles. The molecule has 1 aromatic rings. The van der Waals surface area contributed by atoms with Gasteiger partial charge in [-0.1, -0.05) is 43.7 Å². The summed E-state index contributed by atoms with van der Waals surface area (Å²) in [6.45, 7) is 6.13. The summed E-state index contributed by atoms with van der Waals surface area (Å²) in [5.74, 6) is 0.859. The Morgan fingerprint density at radius 2 is 1.86 bits per heavy atom. The lowest BCUT2D eigenvalue weighted by Gasteiger charge is -2.18. The van der Waals surface area contributed by atoms with Gasteiger partial charge in [0.05, 0.1) is 0 Å². The number of benzene rings is 1. The second-order valence-corrected chi connectivity index (χ2v) is 4.99. The Labute approximate surface area is 146 Å². The van der Waals surface area contributed by atoms with Crippen LogP contribution in [0.4, 0.5) is 0 Å². The summed E-state index contributed by atoms with van der Waals surface area (Å²) < 4.78 is 0. The largest absolute Gasteiger partial charge is 0.355 e. The van der Waals surface area contributed by atoms with E-state index in [9.17, 15) is 0 Å². The fourth-order valence-electron chi connectivity index (χ4n) is 1.91. The molecule has 21 heavy (non-hydrogen) atoms. The van der Waals surface area contributed by atoms with Crippen LogP contribution in [-0.4, -0.2) is 44.6 Å². The zero-order valence-corrected chi connectivity index (χ0v) is 15.8. The van der Waals surface area contributed by atoms with E-state index in [2.05, 4.69) is 58.8 Å². The van der Waals surface area contributed by atoms with Gasteiger partial charge in [0.25, 0.3) is 0 Å². The Balaban J connectivity index is 0.00000400. The first-order valence-corrected chi connectivity index (χ1v) is 7.43. The molecular weight excluding hydrogens is 375 g/mol. The molecular formula is C16H29IN4. The molecule has 5 heteroatoms. The number of unbranched alkanes of at least 4 members (excludes halogenated alkanes) is 1. The fourth-order valence-corrected chi connectivity index (χ4v) is 1.91. The fraction of sp³-hybridized carbons (Fsp3) is 0.562. The van der Waals surface area contributed by atoms with Crippen LogP contribution in [0, 0.1) is 0 Å². The van der Waals surface area contributed by atoms with Crippen LogP contribution in [-0.2, 0) is 6.54 Å². The van der Waals surface area contributed by atoms with E-state index in [1.165, 1.54) is 18.4 Å². The van der Waals surface area contributed by atoms with Crippen molar-refractivity contribution in [2.45, 2.75) is 26.3 Å². The molecule has 0 atom stereocenters. The van der Waals surface area contributed by atoms with Crippen molar-refractivity contribution in [3.63, 3.8) is 0 Å². The summed E-state index contributed by atoms with van der Waals surface area (Å²) in [6, 6.07) is 10.4. The standard InChI is InChI=1S/C16H28N4.HI/c1-4-5-12-20(3)13-11-18-16(17-2)19-14-15-9-7-6-8-10-15;/h6-10H,4-5,11-14H2,1-3H3,(H2,17,18,19);1H. The average molecular weight is 404 g/mol. The van der Waals surface area contributed by atoms with E-state index in [1.807, 2.05) is 6.07 Å². The van der Waals surface area contributed by atoms with E-state index in [-0.39, 0.29) is 24.0 Å². The van der Waals surface area contributed by atoms with Gasteiger partial charge in [0.15, 0.2) is 5.96 Å². The zero-order chi connectivity index (χ0) is 14.6. The number of aliphatic imine (C=N–C) groups is 1. The molecule has 0 aliphatic heterocycles. The number of rotatable bonds is 8. The van der Waals surface area contributed by atoms with Crippen LogP contribution >= 0.6 is 24.0 Å². The number of likely N-dealkylation sites (N-methyl/N-ethyl adjacent to an activating group) is 1. The lowest BCUT2D eigenvalue weighted by atomic mass is 10.2. The summed E-state index contributed by atoms with van der Waals surface area (Å²) in [7, 11) is 3.97. The van der Waals surface area contributed by atoms with Crippen LogP contribution in [0.15, 0.2) is 35.3 Å². The van der Waals surface area contributed by atoms with Crippen LogP contribution < -0.4 is 10.6 Å². The molecule has 1 rings (SSSR count). The minimum atomic E-state index is 0. The second-order valence-electron chi connectivity index (χ2n) is 4.99. The minimum absolute atomic E-state index is 0. The smallest absolute Gasteiger partial charge is 0.191 e. The summed E-state index contributed by atoms with van der Waals surface area (Å²) in [5, 5.41) is 6.67. The van der Waals surface area contributed by atoms with Gasteiger partial charge in [-0.25, -0.2) is 0 Å². The molecule has 0 unspecified atom stereocenters. The molecule has 0 amide bonds. The number of nitrogens with one attached hydrogen (secondary N) is 2. The molecule has 0 radical (unpaired) electrons. The third kappa shape index (κ3) is 9.68. The van der Waals surface area contributed by atoms with Crippen molar-refractivity contribution in [2.75, 3.05) is 33.7 Å². The molecule has 120 valence electrons. The zero-order valence-electron chi connectivity index (χ0n) is 13.4. The van der Waals surface area contributed by atoms with Gasteiger partial charge in [0.1, 0.15) is 0 Å². The van der Waals surface area contributed by atoms with Crippen LogP contribution in [0.1, 0.15) is 25.3 Å². The second kappa shape index (κ2) is 12.9. The van der Waals surface area contributed by atoms with E-state index < -0.39 is 0 Å². The van der Waals surface area contributed by atoms with Crippen LogP contribution in [0.2, 0.25) is 0 Å². The quantitative estimate of drug-likeness (QED) is 0.398. The molecule has 2 N–H and O–H groups in total. The Morgan fingerprint density at radius 1 is 1.14 bits per heavy atom. The highest BCUT2D eigenvalue weighted by Crippen LogP contribution is 1.96. The first-order chi connectivity index (χ1) is 9.76. The van der Waals surface area contributed by atoms with Crippen LogP contribution in [0.3, 0.4) is 0 Å². The predicted octanol–water partition coefficient (Wildman–Crippen LogP) is 2.70. The predicted molar refractivity (Wildman–Crippen MR) is 102 cm³/mol. The number of halogens is 1. The van der Waals surface area contributed by atoms with Gasteiger partial charge in [-0.3, -0.25) is 4.99 Å². The summed E-state index contributed by atoms with van der Waals surface area (Å²) in [5.41, 5.74) is 1.26. The van der Waals surface area contributed by atoms with Crippen molar-refractivity contribution >= 4 is 29.9 Å². The van der Waals surface area contributed by atoms with Gasteiger partial charge in [0.2, 0.25) is 0 Å². The Kier molecular flexibility index (Phi) is 12.4. The Hall–Kier alpha value is -0.820. The average Bonchev–Trinajstić information content (AvgIpc) is 2.49. The van der Waals surface area contributed by atoms with Crippen LogP contribution in [0.25, 0.3) is 0 Å². The Morgan fingerprint density at radius 3 is 2.48 bits per heavy atom. The number of nitrogens with zero attached hydrogens (tertiary/aromatic N) is 2. The van der Waals surface area contributed by atoms with E-state index in [1.54, 1.807) is 7.05 Å². The Bertz CT molecular complexity index is 381. The third-order valence-electron chi connectivity index (χ3n) is 3.21. The lowest BCUT2D eigenvalue weighted by molar-refractivity contribution is 0.332.